The molecule has 35 heavy (non-hydrogen) atoms. The van der Waals surface area contributed by atoms with E-state index in [1.54, 1.807) is 6.26 Å². The Hall–Kier alpha value is -3.87. The van der Waals surface area contributed by atoms with Crippen molar-refractivity contribution < 1.29 is 23.5 Å². The number of carbonyl (C=O) groups is 2. The molecule has 2 N–H and O–H groups in total. The molecule has 182 valence electrons. The van der Waals surface area contributed by atoms with Crippen molar-refractivity contribution >= 4 is 33.8 Å². The van der Waals surface area contributed by atoms with Crippen molar-refractivity contribution in [3.05, 3.63) is 69.8 Å². The van der Waals surface area contributed by atoms with Gasteiger partial charge < -0.3 is 19.3 Å². The number of amides is 1. The molecule has 0 spiro atoms. The van der Waals surface area contributed by atoms with Gasteiger partial charge in [-0.3, -0.25) is 4.79 Å². The maximum atomic E-state index is 12.8. The fourth-order valence-electron chi connectivity index (χ4n) is 4.52. The monoisotopic (exact) mass is 475 g/mol. The second kappa shape index (κ2) is 9.78. The lowest BCUT2D eigenvalue weighted by molar-refractivity contribution is -0.142. The normalized spacial score (nSPS) is 12.4. The summed E-state index contributed by atoms with van der Waals surface area (Å²) in [5.41, 5.74) is 4.48. The third-order valence-electron chi connectivity index (χ3n) is 6.37. The summed E-state index contributed by atoms with van der Waals surface area (Å²) in [7, 11) is 0. The van der Waals surface area contributed by atoms with Gasteiger partial charge in [-0.05, 0) is 49.8 Å². The summed E-state index contributed by atoms with van der Waals surface area (Å²) in [4.78, 5) is 36.8. The molecule has 0 fully saturated rings. The first-order valence-corrected chi connectivity index (χ1v) is 11.7. The van der Waals surface area contributed by atoms with Crippen LogP contribution in [0.2, 0.25) is 0 Å². The van der Waals surface area contributed by atoms with E-state index in [1.165, 1.54) is 0 Å². The molecule has 0 radical (unpaired) electrons. The van der Waals surface area contributed by atoms with Gasteiger partial charge in [0.2, 0.25) is 5.91 Å². The molecule has 0 aliphatic heterocycles. The largest absolute Gasteiger partial charge is 0.480 e. The van der Waals surface area contributed by atoms with E-state index in [4.69, 9.17) is 8.83 Å². The zero-order valence-electron chi connectivity index (χ0n) is 20.3. The number of carbonyl (C=O) groups excluding carboxylic acids is 1. The minimum Gasteiger partial charge on any atom is -0.480 e. The molecule has 7 heteroatoms. The molecule has 0 saturated carbocycles. The summed E-state index contributed by atoms with van der Waals surface area (Å²) >= 11 is 0. The first kappa shape index (κ1) is 24.3. The predicted molar refractivity (Wildman–Crippen MR) is 135 cm³/mol. The molecule has 4 rings (SSSR count). The van der Waals surface area contributed by atoms with Crippen LogP contribution in [0.25, 0.3) is 33.1 Å². The van der Waals surface area contributed by atoms with Crippen LogP contribution in [-0.4, -0.2) is 23.0 Å². The zero-order chi connectivity index (χ0) is 25.3. The van der Waals surface area contributed by atoms with E-state index >= 15 is 0 Å². The Kier molecular flexibility index (Phi) is 6.78. The van der Waals surface area contributed by atoms with Crippen molar-refractivity contribution in [2.45, 2.75) is 53.0 Å². The smallest absolute Gasteiger partial charge is 0.339 e. The quantitative estimate of drug-likeness (QED) is 0.332. The van der Waals surface area contributed by atoms with Crippen LogP contribution in [0.4, 0.5) is 0 Å². The molecular formula is C28H29NO6. The Morgan fingerprint density at radius 1 is 1.03 bits per heavy atom. The average Bonchev–Trinajstić information content (AvgIpc) is 3.24. The molecule has 1 unspecified atom stereocenters. The highest BCUT2D eigenvalue weighted by molar-refractivity contribution is 6.05. The zero-order valence-corrected chi connectivity index (χ0v) is 20.3. The molecule has 7 nitrogen and oxygen atoms in total. The number of benzene rings is 2. The van der Waals surface area contributed by atoms with Crippen molar-refractivity contribution in [1.82, 2.24) is 5.32 Å². The van der Waals surface area contributed by atoms with Crippen LogP contribution in [0.1, 0.15) is 43.4 Å². The summed E-state index contributed by atoms with van der Waals surface area (Å²) in [5, 5.41) is 13.6. The molecule has 0 aliphatic rings. The van der Waals surface area contributed by atoms with Crippen molar-refractivity contribution in [2.75, 3.05) is 0 Å². The molecule has 1 atom stereocenters. The van der Waals surface area contributed by atoms with Crippen LogP contribution < -0.4 is 10.9 Å². The van der Waals surface area contributed by atoms with Gasteiger partial charge in [0.25, 0.3) is 0 Å². The Morgan fingerprint density at radius 3 is 2.40 bits per heavy atom. The van der Waals surface area contributed by atoms with Gasteiger partial charge in [-0.1, -0.05) is 44.2 Å². The van der Waals surface area contributed by atoms with Gasteiger partial charge in [0, 0.05) is 33.9 Å². The second-order valence-electron chi connectivity index (χ2n) is 9.35. The molecule has 2 heterocycles. The highest BCUT2D eigenvalue weighted by Crippen LogP contribution is 2.37. The molecule has 0 bridgehead atoms. The third kappa shape index (κ3) is 4.85. The standard InChI is InChI=1S/C28H29NO6/c1-15(2)12-23(27(31)32)29-24(30)11-10-19-16(3)20-13-21-22(18-8-6-5-7-9-18)14-34-25(21)17(4)26(20)35-28(19)33/h5-9,13-15,23H,10-12H2,1-4H3,(H,29,30)(H,31,32). The number of fused-ring (bicyclic) bond motifs is 2. The van der Waals surface area contributed by atoms with Crippen molar-refractivity contribution in [2.24, 2.45) is 5.92 Å². The van der Waals surface area contributed by atoms with E-state index in [9.17, 15) is 19.5 Å². The number of aliphatic carboxylic acids is 1. The first-order valence-electron chi connectivity index (χ1n) is 11.7. The first-order chi connectivity index (χ1) is 16.7. The van der Waals surface area contributed by atoms with E-state index < -0.39 is 23.5 Å². The SMILES string of the molecule is Cc1c(CCC(=O)NC(CC(C)C)C(=O)O)c(=O)oc2c(C)c3occ(-c4ccccc4)c3cc12. The van der Waals surface area contributed by atoms with Crippen LogP contribution in [0.15, 0.2) is 56.3 Å². The minimum absolute atomic E-state index is 0.0127. The van der Waals surface area contributed by atoms with E-state index in [1.807, 2.05) is 64.1 Å². The number of rotatable bonds is 8. The Morgan fingerprint density at radius 2 is 1.74 bits per heavy atom. The predicted octanol–water partition coefficient (Wildman–Crippen LogP) is 5.37. The molecule has 0 aliphatic carbocycles. The number of furan rings is 1. The van der Waals surface area contributed by atoms with Gasteiger partial charge in [0.05, 0.1) is 6.26 Å². The lowest BCUT2D eigenvalue weighted by atomic mass is 9.96. The summed E-state index contributed by atoms with van der Waals surface area (Å²) < 4.78 is 11.5. The molecule has 1 amide bonds. The number of hydrogen-bond acceptors (Lipinski definition) is 5. The summed E-state index contributed by atoms with van der Waals surface area (Å²) in [5.74, 6) is -1.36. The molecular weight excluding hydrogens is 446 g/mol. The fourth-order valence-corrected chi connectivity index (χ4v) is 4.52. The van der Waals surface area contributed by atoms with E-state index in [0.29, 0.717) is 23.2 Å². The van der Waals surface area contributed by atoms with Gasteiger partial charge in [-0.25, -0.2) is 9.59 Å². The molecule has 0 saturated heterocycles. The van der Waals surface area contributed by atoms with Crippen LogP contribution in [0.3, 0.4) is 0 Å². The summed E-state index contributed by atoms with van der Waals surface area (Å²) in [6, 6.07) is 10.9. The van der Waals surface area contributed by atoms with E-state index in [2.05, 4.69) is 5.32 Å². The van der Waals surface area contributed by atoms with Gasteiger partial charge in [0.15, 0.2) is 0 Å². The Balaban J connectivity index is 1.68. The molecule has 2 aromatic heterocycles. The van der Waals surface area contributed by atoms with Gasteiger partial charge in [-0.2, -0.15) is 0 Å². The molecule has 2 aromatic carbocycles. The maximum absolute atomic E-state index is 12.8. The highest BCUT2D eigenvalue weighted by Gasteiger charge is 2.22. The van der Waals surface area contributed by atoms with Gasteiger partial charge in [-0.15, -0.1) is 0 Å². The third-order valence-corrected chi connectivity index (χ3v) is 6.37. The Bertz CT molecular complexity index is 1460. The summed E-state index contributed by atoms with van der Waals surface area (Å²) in [6.45, 7) is 7.50. The van der Waals surface area contributed by atoms with Gasteiger partial charge >= 0.3 is 11.6 Å². The topological polar surface area (TPSA) is 110 Å². The molecule has 4 aromatic rings. The van der Waals surface area contributed by atoms with Crippen molar-refractivity contribution in [3.63, 3.8) is 0 Å². The van der Waals surface area contributed by atoms with Crippen LogP contribution >= 0.6 is 0 Å². The summed E-state index contributed by atoms with van der Waals surface area (Å²) in [6.07, 6.45) is 2.18. The van der Waals surface area contributed by atoms with Crippen LogP contribution in [0.5, 0.6) is 0 Å². The minimum atomic E-state index is -1.07. The number of nitrogens with one attached hydrogen (secondary N) is 1. The average molecular weight is 476 g/mol. The lowest BCUT2D eigenvalue weighted by Gasteiger charge is -2.16. The number of carboxylic acid groups (broad SMARTS) is 1. The number of aryl methyl sites for hydroxylation is 2. The van der Waals surface area contributed by atoms with Gasteiger partial charge in [0.1, 0.15) is 17.2 Å². The van der Waals surface area contributed by atoms with Crippen LogP contribution in [-0.2, 0) is 16.0 Å². The number of carboxylic acids is 1. The van der Waals surface area contributed by atoms with Crippen molar-refractivity contribution in [1.29, 1.82) is 0 Å². The van der Waals surface area contributed by atoms with Crippen molar-refractivity contribution in [3.8, 4) is 11.1 Å². The fraction of sp³-hybridized carbons (Fsp3) is 0.321. The van der Waals surface area contributed by atoms with E-state index in [-0.39, 0.29) is 18.8 Å². The van der Waals surface area contributed by atoms with E-state index in [0.717, 1.165) is 33.0 Å². The number of hydrogen-bond donors (Lipinski definition) is 2. The lowest BCUT2D eigenvalue weighted by Crippen LogP contribution is -2.41. The highest BCUT2D eigenvalue weighted by atomic mass is 16.4. The van der Waals surface area contributed by atoms with Crippen LogP contribution in [0, 0.1) is 19.8 Å². The maximum Gasteiger partial charge on any atom is 0.339 e. The second-order valence-corrected chi connectivity index (χ2v) is 9.35. The Labute approximate surface area is 202 Å².